The van der Waals surface area contributed by atoms with Crippen molar-refractivity contribution in [2.24, 2.45) is 5.10 Å². The van der Waals surface area contributed by atoms with Gasteiger partial charge < -0.3 is 9.72 Å². The van der Waals surface area contributed by atoms with Crippen LogP contribution in [0.1, 0.15) is 23.0 Å². The Labute approximate surface area is 125 Å². The minimum Gasteiger partial charge on any atom is -0.493 e. The first-order valence-corrected chi connectivity index (χ1v) is 6.89. The zero-order valence-electron chi connectivity index (χ0n) is 10.9. The van der Waals surface area contributed by atoms with Crippen LogP contribution in [-0.4, -0.2) is 23.7 Å². The largest absolute Gasteiger partial charge is 0.493 e. The van der Waals surface area contributed by atoms with E-state index in [1.54, 1.807) is 18.5 Å². The van der Waals surface area contributed by atoms with Gasteiger partial charge in [-0.05, 0) is 41.1 Å². The highest BCUT2D eigenvalue weighted by molar-refractivity contribution is 9.10. The number of aromatic nitrogens is 1. The molecule has 1 aromatic heterocycles. The summed E-state index contributed by atoms with van der Waals surface area (Å²) in [7, 11) is 0. The van der Waals surface area contributed by atoms with E-state index in [4.69, 9.17) is 4.74 Å². The molecular formula is C14H14BrN3O2. The average Bonchev–Trinajstić information content (AvgIpc) is 2.88. The summed E-state index contributed by atoms with van der Waals surface area (Å²) in [6, 6.07) is 9.17. The zero-order chi connectivity index (χ0) is 14.4. The van der Waals surface area contributed by atoms with Crippen LogP contribution in [0.15, 0.2) is 46.1 Å². The van der Waals surface area contributed by atoms with E-state index in [-0.39, 0.29) is 5.91 Å². The Morgan fingerprint density at radius 2 is 2.30 bits per heavy atom. The fourth-order valence-electron chi connectivity index (χ4n) is 1.59. The van der Waals surface area contributed by atoms with E-state index in [9.17, 15) is 4.79 Å². The number of nitrogens with one attached hydrogen (secondary N) is 2. The number of amides is 1. The van der Waals surface area contributed by atoms with Gasteiger partial charge in [-0.3, -0.25) is 4.79 Å². The molecule has 0 unspecified atom stereocenters. The lowest BCUT2D eigenvalue weighted by molar-refractivity contribution is 0.0950. The molecule has 0 saturated carbocycles. The number of carbonyl (C=O) groups excluding carboxylic acids is 1. The number of aromatic amines is 1. The lowest BCUT2D eigenvalue weighted by atomic mass is 10.2. The number of benzene rings is 1. The van der Waals surface area contributed by atoms with Crippen molar-refractivity contribution in [2.45, 2.75) is 6.92 Å². The molecule has 0 fully saturated rings. The second kappa shape index (κ2) is 6.91. The number of hydrogen-bond acceptors (Lipinski definition) is 3. The van der Waals surface area contributed by atoms with Crippen molar-refractivity contribution in [1.82, 2.24) is 10.4 Å². The summed E-state index contributed by atoms with van der Waals surface area (Å²) in [5, 5.41) is 3.93. The lowest BCUT2D eigenvalue weighted by Crippen LogP contribution is -2.17. The summed E-state index contributed by atoms with van der Waals surface area (Å²) in [4.78, 5) is 14.6. The Hall–Kier alpha value is -2.08. The topological polar surface area (TPSA) is 66.5 Å². The van der Waals surface area contributed by atoms with Crippen molar-refractivity contribution < 1.29 is 9.53 Å². The van der Waals surface area contributed by atoms with Gasteiger partial charge >= 0.3 is 0 Å². The first kappa shape index (κ1) is 14.3. The van der Waals surface area contributed by atoms with Crippen molar-refractivity contribution in [3.05, 3.63) is 52.3 Å². The van der Waals surface area contributed by atoms with Gasteiger partial charge in [-0.1, -0.05) is 12.1 Å². The summed E-state index contributed by atoms with van der Waals surface area (Å²) in [5.41, 5.74) is 3.70. The van der Waals surface area contributed by atoms with Crippen molar-refractivity contribution in [3.63, 3.8) is 0 Å². The van der Waals surface area contributed by atoms with E-state index < -0.39 is 0 Å². The smallest absolute Gasteiger partial charge is 0.287 e. The third-order valence-corrected chi connectivity index (χ3v) is 2.94. The number of rotatable bonds is 5. The molecule has 0 atom stereocenters. The van der Waals surface area contributed by atoms with E-state index >= 15 is 0 Å². The Balaban J connectivity index is 2.01. The van der Waals surface area contributed by atoms with Crippen LogP contribution in [0.5, 0.6) is 5.75 Å². The molecule has 6 heteroatoms. The molecule has 20 heavy (non-hydrogen) atoms. The van der Waals surface area contributed by atoms with Crippen LogP contribution in [0.3, 0.4) is 0 Å². The fourth-order valence-corrected chi connectivity index (χ4v) is 1.94. The first-order valence-electron chi connectivity index (χ1n) is 6.10. The van der Waals surface area contributed by atoms with Crippen molar-refractivity contribution in [2.75, 3.05) is 6.61 Å². The quantitative estimate of drug-likeness (QED) is 0.651. The molecule has 1 amide bonds. The highest BCUT2D eigenvalue weighted by atomic mass is 79.9. The van der Waals surface area contributed by atoms with Gasteiger partial charge in [0.2, 0.25) is 0 Å². The number of ether oxygens (including phenoxy) is 1. The van der Waals surface area contributed by atoms with Gasteiger partial charge in [0.05, 0.1) is 12.8 Å². The van der Waals surface area contributed by atoms with Crippen LogP contribution in [0, 0.1) is 0 Å². The third-order valence-electron chi connectivity index (χ3n) is 2.48. The molecule has 0 bridgehead atoms. The molecule has 1 heterocycles. The number of nitrogens with zero attached hydrogens (tertiary/aromatic N) is 1. The monoisotopic (exact) mass is 335 g/mol. The molecule has 1 aromatic carbocycles. The van der Waals surface area contributed by atoms with E-state index in [0.717, 1.165) is 15.8 Å². The summed E-state index contributed by atoms with van der Waals surface area (Å²) in [6.07, 6.45) is 3.24. The maximum absolute atomic E-state index is 11.8. The van der Waals surface area contributed by atoms with E-state index in [1.807, 2.05) is 31.2 Å². The second-order valence-electron chi connectivity index (χ2n) is 3.90. The molecule has 0 aliphatic heterocycles. The predicted molar refractivity (Wildman–Crippen MR) is 81.2 cm³/mol. The average molecular weight is 336 g/mol. The van der Waals surface area contributed by atoms with Gasteiger partial charge in [0.25, 0.3) is 5.91 Å². The molecule has 2 N–H and O–H groups in total. The SMILES string of the molecule is CCOc1ccccc1/C=N\NC(=O)c1cc(Br)c[nH]1. The van der Waals surface area contributed by atoms with Crippen LogP contribution in [0.2, 0.25) is 0 Å². The van der Waals surface area contributed by atoms with Gasteiger partial charge in [0, 0.05) is 16.2 Å². The second-order valence-corrected chi connectivity index (χ2v) is 4.82. The molecule has 0 aliphatic rings. The van der Waals surface area contributed by atoms with Crippen LogP contribution >= 0.6 is 15.9 Å². The summed E-state index contributed by atoms with van der Waals surface area (Å²) in [5.74, 6) is 0.427. The molecule has 0 spiro atoms. The van der Waals surface area contributed by atoms with Crippen LogP contribution < -0.4 is 10.2 Å². The molecule has 0 radical (unpaired) electrons. The maximum Gasteiger partial charge on any atom is 0.287 e. The van der Waals surface area contributed by atoms with E-state index in [1.165, 1.54) is 0 Å². The van der Waals surface area contributed by atoms with Gasteiger partial charge in [0.15, 0.2) is 0 Å². The third kappa shape index (κ3) is 3.71. The molecule has 0 saturated heterocycles. The van der Waals surface area contributed by atoms with Gasteiger partial charge in [-0.2, -0.15) is 5.10 Å². The molecule has 5 nitrogen and oxygen atoms in total. The summed E-state index contributed by atoms with van der Waals surface area (Å²) < 4.78 is 6.28. The Morgan fingerprint density at radius 3 is 3.00 bits per heavy atom. The van der Waals surface area contributed by atoms with Crippen LogP contribution in [-0.2, 0) is 0 Å². The van der Waals surface area contributed by atoms with Gasteiger partial charge in [-0.15, -0.1) is 0 Å². The van der Waals surface area contributed by atoms with Crippen LogP contribution in [0.4, 0.5) is 0 Å². The number of hydrazone groups is 1. The minimum absolute atomic E-state index is 0.305. The van der Waals surface area contributed by atoms with E-state index in [0.29, 0.717) is 12.3 Å². The first-order chi connectivity index (χ1) is 9.70. The predicted octanol–water partition coefficient (Wildman–Crippen LogP) is 2.94. The number of para-hydroxylation sites is 1. The lowest BCUT2D eigenvalue weighted by Gasteiger charge is -2.05. The zero-order valence-corrected chi connectivity index (χ0v) is 12.5. The number of H-pyrrole nitrogens is 1. The normalized spacial score (nSPS) is 10.7. The maximum atomic E-state index is 11.8. The Morgan fingerprint density at radius 1 is 1.50 bits per heavy atom. The molecule has 2 aromatic rings. The Bertz CT molecular complexity index is 622. The fraction of sp³-hybridized carbons (Fsp3) is 0.143. The number of halogens is 1. The van der Waals surface area contributed by atoms with Gasteiger partial charge in [0.1, 0.15) is 11.4 Å². The van der Waals surface area contributed by atoms with Crippen molar-refractivity contribution in [1.29, 1.82) is 0 Å². The highest BCUT2D eigenvalue weighted by Crippen LogP contribution is 2.15. The van der Waals surface area contributed by atoms with Gasteiger partial charge in [-0.25, -0.2) is 5.43 Å². The number of carbonyl (C=O) groups is 1. The van der Waals surface area contributed by atoms with Crippen molar-refractivity contribution in [3.8, 4) is 5.75 Å². The van der Waals surface area contributed by atoms with Crippen LogP contribution in [0.25, 0.3) is 0 Å². The molecule has 104 valence electrons. The van der Waals surface area contributed by atoms with Crippen molar-refractivity contribution >= 4 is 28.1 Å². The Kier molecular flexibility index (Phi) is 4.95. The standard InChI is InChI=1S/C14H14BrN3O2/c1-2-20-13-6-4-3-5-10(13)8-17-18-14(19)12-7-11(15)9-16-12/h3-9,16H,2H2,1H3,(H,18,19)/b17-8-. The minimum atomic E-state index is -0.305. The molecule has 2 rings (SSSR count). The number of hydrogen-bond donors (Lipinski definition) is 2. The molecular weight excluding hydrogens is 322 g/mol. The molecule has 0 aliphatic carbocycles. The van der Waals surface area contributed by atoms with E-state index in [2.05, 4.69) is 31.4 Å². The summed E-state index contributed by atoms with van der Waals surface area (Å²) >= 11 is 3.27. The highest BCUT2D eigenvalue weighted by Gasteiger charge is 2.06. The summed E-state index contributed by atoms with van der Waals surface area (Å²) in [6.45, 7) is 2.49.